The Hall–Kier alpha value is -1.34. The third kappa shape index (κ3) is 4.86. The lowest BCUT2D eigenvalue weighted by molar-refractivity contribution is -0.550. The number of rotatable bonds is 6. The fraction of sp³-hybridized carbons (Fsp3) is 0.590. The number of ether oxygens (including phenoxy) is 3. The molecule has 0 radical (unpaired) electrons. The van der Waals surface area contributed by atoms with E-state index in [1.54, 1.807) is 0 Å². The van der Waals surface area contributed by atoms with Gasteiger partial charge in [-0.1, -0.05) is 122 Å². The lowest BCUT2D eigenvalue weighted by Crippen LogP contribution is -2.85. The molecule has 2 aromatic rings. The minimum Gasteiger partial charge on any atom is -0.343 e. The van der Waals surface area contributed by atoms with Crippen molar-refractivity contribution in [2.75, 3.05) is 12.3 Å². The van der Waals surface area contributed by atoms with Crippen molar-refractivity contribution in [2.45, 2.75) is 122 Å². The van der Waals surface area contributed by atoms with E-state index >= 15 is 0 Å². The van der Waals surface area contributed by atoms with Crippen LogP contribution in [-0.4, -0.2) is 45.4 Å². The van der Waals surface area contributed by atoms with E-state index in [1.165, 1.54) is 22.3 Å². The van der Waals surface area contributed by atoms with Crippen LogP contribution in [0.1, 0.15) is 99.6 Å². The minimum atomic E-state index is -0.663. The second-order valence-corrected chi connectivity index (χ2v) is 21.0. The Kier molecular flexibility index (Phi) is 7.65. The quantitative estimate of drug-likeness (QED) is 0.297. The van der Waals surface area contributed by atoms with Crippen LogP contribution in [-0.2, 0) is 14.2 Å². The highest BCUT2D eigenvalue weighted by atomic mass is 31.1. The van der Waals surface area contributed by atoms with Crippen LogP contribution in [0.25, 0.3) is 11.1 Å². The summed E-state index contributed by atoms with van der Waals surface area (Å²) in [7, 11) is 2.76. The summed E-state index contributed by atoms with van der Waals surface area (Å²) in [5, 5.41) is 0.340. The minimum absolute atomic E-state index is 0.170. The van der Waals surface area contributed by atoms with Gasteiger partial charge in [0.05, 0.1) is 11.2 Å². The van der Waals surface area contributed by atoms with Crippen molar-refractivity contribution >= 4 is 28.3 Å². The molecule has 6 unspecified atom stereocenters. The molecule has 4 saturated heterocycles. The van der Waals surface area contributed by atoms with Gasteiger partial charge in [-0.05, 0) is 79.0 Å². The van der Waals surface area contributed by atoms with Gasteiger partial charge in [0.25, 0.3) is 0 Å². The van der Waals surface area contributed by atoms with Gasteiger partial charge in [0.1, 0.15) is 0 Å². The Labute approximate surface area is 270 Å². The molecule has 44 heavy (non-hydrogen) atoms. The van der Waals surface area contributed by atoms with E-state index < -0.39 is 30.7 Å². The van der Waals surface area contributed by atoms with E-state index in [0.29, 0.717) is 12.8 Å². The first-order valence-electron chi connectivity index (χ1n) is 16.5. The second-order valence-electron chi connectivity index (χ2n) is 16.7. The Morgan fingerprint density at radius 2 is 1.14 bits per heavy atom. The molecule has 0 saturated carbocycles. The smallest absolute Gasteiger partial charge is 0.172 e. The standard InChI is InChI=1S/C39H54O3P2/c1-32(2,3)44(33(4,5)6)27-38(39(26-43)34(7)24-36(9)41-35(39,8)25-37(10,40-34)42-36)22-21-30(28-17-13-11-14-18-28)31(23-38)29-19-15-12-16-20-29/h11-21,23H,22,24-27,43H2,1-10H3. The van der Waals surface area contributed by atoms with E-state index in [4.69, 9.17) is 14.2 Å². The number of hydrogen-bond acceptors (Lipinski definition) is 3. The normalized spacial score (nSPS) is 38.5. The van der Waals surface area contributed by atoms with Gasteiger partial charge in [-0.2, -0.15) is 0 Å². The summed E-state index contributed by atoms with van der Waals surface area (Å²) in [6.45, 7) is 23.8. The molecule has 5 aliphatic rings. The molecular weight excluding hydrogens is 578 g/mol. The van der Waals surface area contributed by atoms with E-state index in [0.717, 1.165) is 18.7 Å². The molecule has 4 aliphatic heterocycles. The number of hydrogen-bond donors (Lipinski definition) is 0. The summed E-state index contributed by atoms with van der Waals surface area (Å²) in [5.41, 5.74) is 3.74. The fourth-order valence-corrected chi connectivity index (χ4v) is 15.8. The van der Waals surface area contributed by atoms with Crippen LogP contribution >= 0.6 is 17.2 Å². The van der Waals surface area contributed by atoms with Crippen molar-refractivity contribution in [2.24, 2.45) is 10.8 Å². The molecule has 1 aliphatic carbocycles. The summed E-state index contributed by atoms with van der Waals surface area (Å²) >= 11 is 0. The van der Waals surface area contributed by atoms with Gasteiger partial charge in [0.2, 0.25) is 0 Å². The second kappa shape index (κ2) is 10.3. The number of benzene rings is 2. The molecule has 7 rings (SSSR count). The van der Waals surface area contributed by atoms with Gasteiger partial charge >= 0.3 is 0 Å². The Bertz CT molecular complexity index is 1410. The third-order valence-corrected chi connectivity index (χ3v) is 15.9. The molecule has 238 valence electrons. The molecule has 0 N–H and O–H groups in total. The largest absolute Gasteiger partial charge is 0.343 e. The summed E-state index contributed by atoms with van der Waals surface area (Å²) < 4.78 is 21.1. The maximum atomic E-state index is 7.26. The van der Waals surface area contributed by atoms with Crippen molar-refractivity contribution < 1.29 is 14.2 Å². The Morgan fingerprint density at radius 3 is 1.57 bits per heavy atom. The molecular formula is C39H54O3P2. The summed E-state index contributed by atoms with van der Waals surface area (Å²) in [6.07, 6.45) is 9.65. The van der Waals surface area contributed by atoms with Crippen molar-refractivity contribution in [1.29, 1.82) is 0 Å². The van der Waals surface area contributed by atoms with E-state index in [-0.39, 0.29) is 21.1 Å². The van der Waals surface area contributed by atoms with Crippen LogP contribution < -0.4 is 0 Å². The maximum absolute atomic E-state index is 7.26. The molecule has 0 spiro atoms. The lowest BCUT2D eigenvalue weighted by atomic mass is 9.43. The Morgan fingerprint density at radius 1 is 0.682 bits per heavy atom. The van der Waals surface area contributed by atoms with Gasteiger partial charge in [-0.3, -0.25) is 0 Å². The van der Waals surface area contributed by atoms with Gasteiger partial charge in [0, 0.05) is 23.7 Å². The predicted molar refractivity (Wildman–Crippen MR) is 190 cm³/mol. The van der Waals surface area contributed by atoms with E-state index in [9.17, 15) is 0 Å². The summed E-state index contributed by atoms with van der Waals surface area (Å²) in [4.78, 5) is 0. The van der Waals surface area contributed by atoms with Gasteiger partial charge in [-0.15, -0.1) is 9.24 Å². The van der Waals surface area contributed by atoms with E-state index in [2.05, 4.69) is 151 Å². The SMILES string of the molecule is CC12CC3(C)OC(C)(CC(C)(O1)C3(CP)C1(CP(C(C)(C)C)C(C)(C)C)C=C(c3ccccc3)C(c3ccccc3)=CC1)O2. The van der Waals surface area contributed by atoms with Crippen LogP contribution in [0.2, 0.25) is 0 Å². The highest BCUT2D eigenvalue weighted by molar-refractivity contribution is 7.60. The summed E-state index contributed by atoms with van der Waals surface area (Å²) in [5.74, 6) is -1.33. The molecule has 4 heterocycles. The highest BCUT2D eigenvalue weighted by Crippen LogP contribution is 2.77. The van der Waals surface area contributed by atoms with Crippen LogP contribution in [0.5, 0.6) is 0 Å². The van der Waals surface area contributed by atoms with E-state index in [1.807, 2.05) is 0 Å². The first kappa shape index (κ1) is 32.6. The zero-order chi connectivity index (χ0) is 32.0. The number of allylic oxidation sites excluding steroid dienone is 4. The first-order chi connectivity index (χ1) is 20.3. The van der Waals surface area contributed by atoms with Crippen molar-refractivity contribution in [1.82, 2.24) is 0 Å². The first-order valence-corrected chi connectivity index (χ1v) is 18.8. The monoisotopic (exact) mass is 632 g/mol. The van der Waals surface area contributed by atoms with Crippen molar-refractivity contribution in [3.05, 3.63) is 83.9 Å². The van der Waals surface area contributed by atoms with Crippen LogP contribution in [0, 0.1) is 10.8 Å². The average molecular weight is 633 g/mol. The molecule has 5 heteroatoms. The lowest BCUT2D eigenvalue weighted by Gasteiger charge is -2.78. The molecule has 3 nitrogen and oxygen atoms in total. The Balaban J connectivity index is 1.66. The van der Waals surface area contributed by atoms with Gasteiger partial charge < -0.3 is 14.2 Å². The maximum Gasteiger partial charge on any atom is 0.172 e. The zero-order valence-corrected chi connectivity index (χ0v) is 30.8. The topological polar surface area (TPSA) is 27.7 Å². The zero-order valence-electron chi connectivity index (χ0n) is 28.7. The highest BCUT2D eigenvalue weighted by Gasteiger charge is 2.81. The fourth-order valence-electron chi connectivity index (χ4n) is 10.5. The summed E-state index contributed by atoms with van der Waals surface area (Å²) in [6, 6.07) is 22.0. The average Bonchev–Trinajstić information content (AvgIpc) is 2.89. The van der Waals surface area contributed by atoms with Crippen LogP contribution in [0.4, 0.5) is 0 Å². The van der Waals surface area contributed by atoms with Gasteiger partial charge in [0.15, 0.2) is 11.6 Å². The molecule has 4 bridgehead atoms. The van der Waals surface area contributed by atoms with Gasteiger partial charge in [-0.25, -0.2) is 0 Å². The predicted octanol–water partition coefficient (Wildman–Crippen LogP) is 10.3. The molecule has 0 aromatic heterocycles. The van der Waals surface area contributed by atoms with Crippen molar-refractivity contribution in [3.8, 4) is 0 Å². The molecule has 0 amide bonds. The molecule has 4 fully saturated rings. The molecule has 6 atom stereocenters. The third-order valence-electron chi connectivity index (χ3n) is 11.2. The molecule has 2 aromatic carbocycles. The van der Waals surface area contributed by atoms with Crippen LogP contribution in [0.3, 0.4) is 0 Å². The van der Waals surface area contributed by atoms with Crippen molar-refractivity contribution in [3.63, 3.8) is 0 Å². The van der Waals surface area contributed by atoms with Crippen LogP contribution in [0.15, 0.2) is 72.8 Å².